The van der Waals surface area contributed by atoms with E-state index in [-0.39, 0.29) is 23.0 Å². The van der Waals surface area contributed by atoms with E-state index in [1.807, 2.05) is 6.92 Å². The lowest BCUT2D eigenvalue weighted by molar-refractivity contribution is -0.132. The summed E-state index contributed by atoms with van der Waals surface area (Å²) in [5.41, 5.74) is 1.13. The predicted molar refractivity (Wildman–Crippen MR) is 134 cm³/mol. The number of carbonyl (C=O) groups excluding carboxylic acids is 3. The molecule has 1 saturated heterocycles. The molecule has 8 nitrogen and oxygen atoms in total. The number of aliphatic hydroxyl groups excluding tert-OH is 1. The quantitative estimate of drug-likeness (QED) is 0.224. The molecule has 1 aliphatic heterocycles. The van der Waals surface area contributed by atoms with Crippen LogP contribution in [0.3, 0.4) is 0 Å². The maximum Gasteiger partial charge on any atom is 0.338 e. The zero-order chi connectivity index (χ0) is 25.8. The van der Waals surface area contributed by atoms with E-state index in [1.165, 1.54) is 11.0 Å². The second-order valence-corrected chi connectivity index (χ2v) is 8.39. The van der Waals surface area contributed by atoms with Gasteiger partial charge in [-0.25, -0.2) is 4.79 Å². The second-order valence-electron chi connectivity index (χ2n) is 8.39. The van der Waals surface area contributed by atoms with Gasteiger partial charge in [0.15, 0.2) is 0 Å². The number of hydrogen-bond donors (Lipinski definition) is 1. The van der Waals surface area contributed by atoms with Crippen molar-refractivity contribution >= 4 is 29.1 Å². The van der Waals surface area contributed by atoms with E-state index in [4.69, 9.17) is 9.47 Å². The number of aromatic nitrogens is 1. The second kappa shape index (κ2) is 10.4. The third kappa shape index (κ3) is 4.84. The summed E-state index contributed by atoms with van der Waals surface area (Å²) in [5.74, 6) is -2.09. The number of ether oxygens (including phenoxy) is 2. The molecule has 2 aromatic carbocycles. The molecule has 0 aliphatic carbocycles. The fourth-order valence-corrected chi connectivity index (χ4v) is 4.04. The van der Waals surface area contributed by atoms with Crippen molar-refractivity contribution in [3.05, 3.63) is 95.3 Å². The van der Waals surface area contributed by atoms with Crippen molar-refractivity contribution in [2.24, 2.45) is 0 Å². The lowest BCUT2D eigenvalue weighted by atomic mass is 9.98. The Balaban J connectivity index is 1.86. The summed E-state index contributed by atoms with van der Waals surface area (Å²) >= 11 is 0. The van der Waals surface area contributed by atoms with Gasteiger partial charge in [0.1, 0.15) is 17.6 Å². The average molecular weight is 487 g/mol. The van der Waals surface area contributed by atoms with Gasteiger partial charge in [-0.1, -0.05) is 24.3 Å². The molecule has 0 bridgehead atoms. The van der Waals surface area contributed by atoms with Crippen LogP contribution in [0.4, 0.5) is 5.69 Å². The summed E-state index contributed by atoms with van der Waals surface area (Å²) in [6.45, 7) is 5.74. The number of carbonyl (C=O) groups is 3. The van der Waals surface area contributed by atoms with Crippen LogP contribution in [0.5, 0.6) is 5.75 Å². The van der Waals surface area contributed by atoms with Gasteiger partial charge in [-0.15, -0.1) is 0 Å². The van der Waals surface area contributed by atoms with Crippen LogP contribution in [0.15, 0.2) is 78.5 Å². The summed E-state index contributed by atoms with van der Waals surface area (Å²) in [6.07, 6.45) is 1.22. The molecule has 1 fully saturated rings. The number of Topliss-reactive ketones (excluding diaryl/α,β-unsaturated/α-hetero) is 1. The van der Waals surface area contributed by atoms with Crippen molar-refractivity contribution in [3.8, 4) is 5.75 Å². The Morgan fingerprint density at radius 3 is 2.47 bits per heavy atom. The molecule has 1 aromatic heterocycles. The fraction of sp³-hybridized carbons (Fsp3) is 0.214. The molecule has 1 amide bonds. The molecule has 2 heterocycles. The molecule has 1 atom stereocenters. The highest BCUT2D eigenvalue weighted by Crippen LogP contribution is 2.41. The number of aliphatic hydroxyl groups is 1. The highest BCUT2D eigenvalue weighted by atomic mass is 16.5. The summed E-state index contributed by atoms with van der Waals surface area (Å²) in [6, 6.07) is 17.0. The van der Waals surface area contributed by atoms with Crippen LogP contribution in [-0.4, -0.2) is 40.5 Å². The highest BCUT2D eigenvalue weighted by molar-refractivity contribution is 6.51. The van der Waals surface area contributed by atoms with Gasteiger partial charge < -0.3 is 14.6 Å². The Morgan fingerprint density at radius 2 is 1.78 bits per heavy atom. The van der Waals surface area contributed by atoms with Gasteiger partial charge in [-0.3, -0.25) is 19.5 Å². The molecular weight excluding hydrogens is 460 g/mol. The van der Waals surface area contributed by atoms with Crippen molar-refractivity contribution in [1.29, 1.82) is 0 Å². The number of esters is 1. The molecule has 36 heavy (non-hydrogen) atoms. The number of rotatable bonds is 7. The van der Waals surface area contributed by atoms with Crippen LogP contribution < -0.4 is 9.64 Å². The van der Waals surface area contributed by atoms with E-state index in [9.17, 15) is 19.5 Å². The number of pyridine rings is 1. The van der Waals surface area contributed by atoms with Crippen molar-refractivity contribution in [1.82, 2.24) is 4.98 Å². The fourth-order valence-electron chi connectivity index (χ4n) is 4.04. The van der Waals surface area contributed by atoms with Crippen LogP contribution in [0.1, 0.15) is 48.4 Å². The first-order valence-electron chi connectivity index (χ1n) is 11.6. The largest absolute Gasteiger partial charge is 0.507 e. The van der Waals surface area contributed by atoms with Crippen molar-refractivity contribution in [3.63, 3.8) is 0 Å². The van der Waals surface area contributed by atoms with Crippen LogP contribution in [0.25, 0.3) is 5.76 Å². The molecule has 3 aromatic rings. The zero-order valence-corrected chi connectivity index (χ0v) is 20.2. The van der Waals surface area contributed by atoms with Gasteiger partial charge >= 0.3 is 5.97 Å². The molecular formula is C28H26N2O6. The molecule has 0 spiro atoms. The molecule has 1 unspecified atom stereocenters. The molecule has 0 radical (unpaired) electrons. The Kier molecular flexibility index (Phi) is 7.15. The van der Waals surface area contributed by atoms with Crippen molar-refractivity contribution in [2.45, 2.75) is 32.9 Å². The summed E-state index contributed by atoms with van der Waals surface area (Å²) in [7, 11) is 0. The minimum absolute atomic E-state index is 0.109. The van der Waals surface area contributed by atoms with Gasteiger partial charge in [0.2, 0.25) is 0 Å². The van der Waals surface area contributed by atoms with Gasteiger partial charge in [0.25, 0.3) is 11.7 Å². The Morgan fingerprint density at radius 1 is 1.03 bits per heavy atom. The highest BCUT2D eigenvalue weighted by Gasteiger charge is 2.47. The first kappa shape index (κ1) is 24.7. The number of amides is 1. The maximum absolute atomic E-state index is 13.3. The minimum Gasteiger partial charge on any atom is -0.507 e. The van der Waals surface area contributed by atoms with Crippen LogP contribution in [0.2, 0.25) is 0 Å². The normalized spacial score (nSPS) is 16.9. The zero-order valence-electron chi connectivity index (χ0n) is 20.2. The number of anilines is 1. The molecule has 1 N–H and O–H groups in total. The third-order valence-electron chi connectivity index (χ3n) is 5.53. The van der Waals surface area contributed by atoms with E-state index in [2.05, 4.69) is 4.98 Å². The predicted octanol–water partition coefficient (Wildman–Crippen LogP) is 4.67. The van der Waals surface area contributed by atoms with Gasteiger partial charge in [-0.2, -0.15) is 0 Å². The Bertz CT molecular complexity index is 1330. The SMILES string of the molecule is CCOc1cccc(/C(O)=C2\C(=O)C(=O)N(c3cccc(C(=O)OC(C)C)c3)C2c2ccccn2)c1. The van der Waals surface area contributed by atoms with E-state index >= 15 is 0 Å². The summed E-state index contributed by atoms with van der Waals surface area (Å²) in [4.78, 5) is 44.7. The Labute approximate surface area is 208 Å². The first-order valence-corrected chi connectivity index (χ1v) is 11.6. The maximum atomic E-state index is 13.3. The lowest BCUT2D eigenvalue weighted by Crippen LogP contribution is -2.30. The van der Waals surface area contributed by atoms with Crippen LogP contribution in [0, 0.1) is 0 Å². The lowest BCUT2D eigenvalue weighted by Gasteiger charge is -2.25. The van der Waals surface area contributed by atoms with Crippen LogP contribution >= 0.6 is 0 Å². The van der Waals surface area contributed by atoms with Gasteiger partial charge in [0.05, 0.1) is 29.5 Å². The van der Waals surface area contributed by atoms with Crippen molar-refractivity contribution < 1.29 is 29.0 Å². The smallest absolute Gasteiger partial charge is 0.338 e. The van der Waals surface area contributed by atoms with E-state index < -0.39 is 23.7 Å². The standard InChI is InChI=1S/C28H26N2O6/c1-4-35-21-12-8-9-18(16-21)25(31)23-24(22-13-5-6-14-29-22)30(27(33)26(23)32)20-11-7-10-19(15-20)28(34)36-17(2)3/h5-17,24,31H,4H2,1-3H3/b25-23+. The average Bonchev–Trinajstić information content (AvgIpc) is 3.14. The van der Waals surface area contributed by atoms with E-state index in [1.54, 1.807) is 80.7 Å². The van der Waals surface area contributed by atoms with Crippen molar-refractivity contribution in [2.75, 3.05) is 11.5 Å². The monoisotopic (exact) mass is 486 g/mol. The summed E-state index contributed by atoms with van der Waals surface area (Å²) < 4.78 is 10.8. The Hall–Kier alpha value is -4.46. The minimum atomic E-state index is -1.02. The third-order valence-corrected chi connectivity index (χ3v) is 5.53. The molecule has 0 saturated carbocycles. The molecule has 8 heteroatoms. The summed E-state index contributed by atoms with van der Waals surface area (Å²) in [5, 5.41) is 11.3. The molecule has 4 rings (SSSR count). The molecule has 1 aliphatic rings. The first-order chi connectivity index (χ1) is 17.3. The number of ketones is 1. The van der Waals surface area contributed by atoms with Gasteiger partial charge in [-0.05, 0) is 63.2 Å². The number of benzene rings is 2. The van der Waals surface area contributed by atoms with E-state index in [0.717, 1.165) is 0 Å². The van der Waals surface area contributed by atoms with E-state index in [0.29, 0.717) is 29.3 Å². The van der Waals surface area contributed by atoms with Crippen LogP contribution in [-0.2, 0) is 14.3 Å². The topological polar surface area (TPSA) is 106 Å². The molecule has 184 valence electrons. The van der Waals surface area contributed by atoms with Gasteiger partial charge in [0, 0.05) is 17.4 Å². The number of nitrogens with zero attached hydrogens (tertiary/aromatic N) is 2. The number of hydrogen-bond acceptors (Lipinski definition) is 7.